The first-order valence-electron chi connectivity index (χ1n) is 25.2. The molecule has 0 fully saturated rings. The minimum atomic E-state index is -0.352. The second kappa shape index (κ2) is 23.8. The highest BCUT2D eigenvalue weighted by atomic mass is 19.1. The van der Waals surface area contributed by atoms with E-state index in [0.717, 1.165) is 66.8 Å². The molecular formula is C68H56F2N6. The predicted molar refractivity (Wildman–Crippen MR) is 316 cm³/mol. The standard InChI is InChI=1S/C51H31F2N5.C12H13N.C3H6.C2H6/c52-37-23-17-32(18-24-37)49-54-50(33-19-25-38(53)26-20-33)56-51(55-49)36-9-8-12-40(29-36)58-45-15-6-4-13-41(45)43-27-21-35(31-48(43)58)34-22-28-47-44(30-34)42-14-5-7-16-46(42)57(47)39-10-2-1-3-11-39;1-3-4-8-11(2)13-12-9-6-5-7-10-12;1-3-2;1-2/h1-31H;3-10,13H,1-2H2;3H,1H2,2H3;1-2H3/b;8-4-;;. The number of hydrogen-bond acceptors (Lipinski definition) is 4. The number of para-hydroxylation sites is 4. The van der Waals surface area contributed by atoms with Crippen LogP contribution < -0.4 is 5.32 Å². The molecule has 0 saturated carbocycles. The van der Waals surface area contributed by atoms with Crippen molar-refractivity contribution in [3.8, 4) is 56.7 Å². The minimum Gasteiger partial charge on any atom is -0.356 e. The maximum Gasteiger partial charge on any atom is 0.164 e. The first-order valence-corrected chi connectivity index (χ1v) is 25.2. The molecule has 6 nitrogen and oxygen atoms in total. The van der Waals surface area contributed by atoms with Crippen LogP contribution in [-0.2, 0) is 0 Å². The van der Waals surface area contributed by atoms with Crippen LogP contribution >= 0.6 is 0 Å². The molecule has 12 rings (SSSR count). The van der Waals surface area contributed by atoms with E-state index in [1.54, 1.807) is 36.4 Å². The number of aromatic nitrogens is 5. The number of allylic oxidation sites excluding steroid dienone is 4. The summed E-state index contributed by atoms with van der Waals surface area (Å²) in [5.74, 6) is 0.519. The van der Waals surface area contributed by atoms with E-state index >= 15 is 0 Å². The third-order valence-corrected chi connectivity index (χ3v) is 12.4. The minimum absolute atomic E-state index is 0.352. The van der Waals surface area contributed by atoms with Crippen molar-refractivity contribution in [2.75, 3.05) is 5.32 Å². The molecule has 0 radical (unpaired) electrons. The highest BCUT2D eigenvalue weighted by Crippen LogP contribution is 2.39. The predicted octanol–water partition coefficient (Wildman–Crippen LogP) is 18.6. The molecule has 0 spiro atoms. The van der Waals surface area contributed by atoms with Crippen LogP contribution in [0.4, 0.5) is 14.5 Å². The van der Waals surface area contributed by atoms with Gasteiger partial charge in [0.2, 0.25) is 0 Å². The monoisotopic (exact) mass is 994 g/mol. The fraction of sp³-hybridized carbons (Fsp3) is 0.0441. The molecule has 372 valence electrons. The van der Waals surface area contributed by atoms with Crippen LogP contribution in [0.3, 0.4) is 0 Å². The van der Waals surface area contributed by atoms with Crippen molar-refractivity contribution in [2.24, 2.45) is 0 Å². The van der Waals surface area contributed by atoms with E-state index in [4.69, 9.17) is 15.0 Å². The van der Waals surface area contributed by atoms with Gasteiger partial charge in [-0.2, -0.15) is 0 Å². The lowest BCUT2D eigenvalue weighted by molar-refractivity contribution is 0.627. The SMILES string of the molecule is C=C/C=C\C(=C)Nc1ccccc1.C=CC.CC.Fc1ccc(-c2nc(-c3ccc(F)cc3)nc(-c3cccc(-n4c5ccccc5c5ccc(-c6ccc7c(c6)c6ccccc6n7-c6ccccc6)cc54)c3)n2)cc1. The Morgan fingerprint density at radius 3 is 1.47 bits per heavy atom. The number of anilines is 1. The highest BCUT2D eigenvalue weighted by molar-refractivity contribution is 6.12. The Morgan fingerprint density at radius 1 is 0.434 bits per heavy atom. The van der Waals surface area contributed by atoms with Gasteiger partial charge in [-0.1, -0.05) is 148 Å². The molecule has 0 saturated heterocycles. The summed E-state index contributed by atoms with van der Waals surface area (Å²) in [4.78, 5) is 14.5. The van der Waals surface area contributed by atoms with Crippen molar-refractivity contribution in [3.63, 3.8) is 0 Å². The van der Waals surface area contributed by atoms with E-state index in [1.807, 2.05) is 81.5 Å². The number of fused-ring (bicyclic) bond motifs is 6. The largest absolute Gasteiger partial charge is 0.356 e. The number of halogens is 2. The summed E-state index contributed by atoms with van der Waals surface area (Å²) in [5.41, 5.74) is 12.7. The van der Waals surface area contributed by atoms with Gasteiger partial charge in [0.05, 0.1) is 22.1 Å². The van der Waals surface area contributed by atoms with Crippen LogP contribution in [0.5, 0.6) is 0 Å². The number of benzene rings is 9. The molecule has 8 heteroatoms. The topological polar surface area (TPSA) is 60.6 Å². The van der Waals surface area contributed by atoms with E-state index in [-0.39, 0.29) is 11.6 Å². The number of rotatable bonds is 10. The van der Waals surface area contributed by atoms with Gasteiger partial charge in [-0.25, -0.2) is 23.7 Å². The van der Waals surface area contributed by atoms with Gasteiger partial charge in [0.25, 0.3) is 0 Å². The molecule has 9 aromatic carbocycles. The van der Waals surface area contributed by atoms with Gasteiger partial charge in [0.15, 0.2) is 17.5 Å². The lowest BCUT2D eigenvalue weighted by Gasteiger charge is -2.12. The molecule has 76 heavy (non-hydrogen) atoms. The van der Waals surface area contributed by atoms with Gasteiger partial charge in [0, 0.05) is 61.0 Å². The molecule has 12 aromatic rings. The zero-order chi connectivity index (χ0) is 53.0. The van der Waals surface area contributed by atoms with Crippen molar-refractivity contribution in [3.05, 3.63) is 280 Å². The van der Waals surface area contributed by atoms with Crippen LogP contribution in [0.1, 0.15) is 20.8 Å². The van der Waals surface area contributed by atoms with Gasteiger partial charge >= 0.3 is 0 Å². The first-order chi connectivity index (χ1) is 37.3. The third-order valence-electron chi connectivity index (χ3n) is 12.4. The van der Waals surface area contributed by atoms with E-state index in [9.17, 15) is 8.78 Å². The summed E-state index contributed by atoms with van der Waals surface area (Å²) in [7, 11) is 0. The quantitative estimate of drug-likeness (QED) is 0.110. The van der Waals surface area contributed by atoms with Crippen molar-refractivity contribution < 1.29 is 8.78 Å². The summed E-state index contributed by atoms with van der Waals surface area (Å²) in [6.45, 7) is 16.7. The van der Waals surface area contributed by atoms with Crippen LogP contribution in [0.15, 0.2) is 268 Å². The molecule has 3 heterocycles. The Bertz CT molecular complexity index is 3940. The maximum atomic E-state index is 13.9. The highest BCUT2D eigenvalue weighted by Gasteiger charge is 2.18. The van der Waals surface area contributed by atoms with Crippen molar-refractivity contribution in [2.45, 2.75) is 20.8 Å². The Kier molecular flexibility index (Phi) is 16.0. The average molecular weight is 995 g/mol. The third kappa shape index (κ3) is 11.1. The van der Waals surface area contributed by atoms with Gasteiger partial charge in [0.1, 0.15) is 11.6 Å². The second-order valence-electron chi connectivity index (χ2n) is 17.4. The molecule has 0 amide bonds. The Balaban J connectivity index is 0.000000338. The Labute approximate surface area is 442 Å². The van der Waals surface area contributed by atoms with E-state index < -0.39 is 0 Å². The number of nitrogens with one attached hydrogen (secondary N) is 1. The first kappa shape index (κ1) is 51.1. The van der Waals surface area contributed by atoms with Crippen LogP contribution in [0, 0.1) is 11.6 Å². The normalized spacial score (nSPS) is 10.8. The lowest BCUT2D eigenvalue weighted by Crippen LogP contribution is -2.01. The fourth-order valence-corrected chi connectivity index (χ4v) is 9.11. The molecule has 0 aliphatic carbocycles. The number of nitrogens with zero attached hydrogens (tertiary/aromatic N) is 5. The Morgan fingerprint density at radius 2 is 0.882 bits per heavy atom. The van der Waals surface area contributed by atoms with Crippen LogP contribution in [0.25, 0.3) is 100 Å². The number of hydrogen-bond donors (Lipinski definition) is 1. The van der Waals surface area contributed by atoms with Crippen molar-refractivity contribution in [1.29, 1.82) is 0 Å². The van der Waals surface area contributed by atoms with Gasteiger partial charge in [-0.15, -0.1) is 6.58 Å². The average Bonchev–Trinajstić information content (AvgIpc) is 4.06. The van der Waals surface area contributed by atoms with Gasteiger partial charge in [-0.3, -0.25) is 0 Å². The molecule has 1 N–H and O–H groups in total. The summed E-state index contributed by atoms with van der Waals surface area (Å²) in [6.07, 6.45) is 7.19. The van der Waals surface area contributed by atoms with E-state index in [2.05, 4.69) is 156 Å². The van der Waals surface area contributed by atoms with Gasteiger partial charge in [-0.05, 0) is 139 Å². The van der Waals surface area contributed by atoms with Crippen LogP contribution in [-0.4, -0.2) is 24.1 Å². The fourth-order valence-electron chi connectivity index (χ4n) is 9.11. The van der Waals surface area contributed by atoms with Crippen molar-refractivity contribution >= 4 is 49.3 Å². The molecule has 0 bridgehead atoms. The summed E-state index contributed by atoms with van der Waals surface area (Å²) >= 11 is 0. The molecular weight excluding hydrogens is 939 g/mol. The van der Waals surface area contributed by atoms with Gasteiger partial charge < -0.3 is 14.5 Å². The van der Waals surface area contributed by atoms with E-state index in [1.165, 1.54) is 40.6 Å². The molecule has 0 aliphatic heterocycles. The zero-order valence-electron chi connectivity index (χ0n) is 42.7. The maximum absolute atomic E-state index is 13.9. The second-order valence-corrected chi connectivity index (χ2v) is 17.4. The van der Waals surface area contributed by atoms with Crippen molar-refractivity contribution in [1.82, 2.24) is 24.1 Å². The zero-order valence-corrected chi connectivity index (χ0v) is 42.7. The summed E-state index contributed by atoms with van der Waals surface area (Å²) in [6, 6.07) is 71.2. The molecule has 0 unspecified atom stereocenters. The molecule has 0 atom stereocenters. The summed E-state index contributed by atoms with van der Waals surface area (Å²) < 4.78 is 32.5. The Hall–Kier alpha value is -9.79. The molecule has 0 aliphatic rings. The smallest absolute Gasteiger partial charge is 0.164 e. The van der Waals surface area contributed by atoms with E-state index in [0.29, 0.717) is 28.6 Å². The molecule has 3 aromatic heterocycles. The lowest BCUT2D eigenvalue weighted by atomic mass is 10.0. The summed E-state index contributed by atoms with van der Waals surface area (Å²) in [5, 5.41) is 7.84. The van der Waals surface area contributed by atoms with Crippen LogP contribution in [0.2, 0.25) is 0 Å².